The summed E-state index contributed by atoms with van der Waals surface area (Å²) in [5, 5.41) is 4.49. The molecular weight excluding hydrogens is 256 g/mol. The molecule has 0 bridgehead atoms. The number of thiocarbonyl (C=S) groups is 1. The fraction of sp³-hybridized carbons (Fsp3) is 0.714. The van der Waals surface area contributed by atoms with Crippen LogP contribution in [0, 0.1) is 0 Å². The SMILES string of the molecule is Cn1cnc2c1CN(C(=S)NC1CCCCC1)CC2. The van der Waals surface area contributed by atoms with Gasteiger partial charge in [0.25, 0.3) is 0 Å². The van der Waals surface area contributed by atoms with E-state index in [1.807, 2.05) is 6.33 Å². The predicted octanol–water partition coefficient (Wildman–Crippen LogP) is 1.99. The van der Waals surface area contributed by atoms with Crippen LogP contribution in [-0.4, -0.2) is 32.2 Å². The minimum absolute atomic E-state index is 0.592. The molecule has 2 heterocycles. The van der Waals surface area contributed by atoms with Crippen LogP contribution in [-0.2, 0) is 20.0 Å². The van der Waals surface area contributed by atoms with Crippen molar-refractivity contribution in [2.45, 2.75) is 51.1 Å². The minimum Gasteiger partial charge on any atom is -0.360 e. The fourth-order valence-electron chi connectivity index (χ4n) is 3.10. The van der Waals surface area contributed by atoms with Gasteiger partial charge in [0.1, 0.15) is 0 Å². The second kappa shape index (κ2) is 5.49. The molecule has 1 N–H and O–H groups in total. The molecule has 3 rings (SSSR count). The first-order valence-corrected chi connectivity index (χ1v) is 7.69. The molecule has 0 unspecified atom stereocenters. The molecule has 4 nitrogen and oxygen atoms in total. The highest BCUT2D eigenvalue weighted by Gasteiger charge is 2.23. The zero-order chi connectivity index (χ0) is 13.2. The molecule has 0 radical (unpaired) electrons. The van der Waals surface area contributed by atoms with E-state index in [2.05, 4.69) is 26.8 Å². The van der Waals surface area contributed by atoms with Gasteiger partial charge in [-0.3, -0.25) is 0 Å². The van der Waals surface area contributed by atoms with Crippen LogP contribution in [0.15, 0.2) is 6.33 Å². The van der Waals surface area contributed by atoms with Gasteiger partial charge in [-0.1, -0.05) is 19.3 Å². The van der Waals surface area contributed by atoms with Crippen molar-refractivity contribution in [3.63, 3.8) is 0 Å². The normalized spacial score (nSPS) is 20.2. The van der Waals surface area contributed by atoms with Crippen molar-refractivity contribution in [2.24, 2.45) is 7.05 Å². The molecule has 5 heteroatoms. The third-order valence-corrected chi connectivity index (χ3v) is 4.70. The number of aryl methyl sites for hydroxylation is 1. The van der Waals surface area contributed by atoms with E-state index in [0.29, 0.717) is 6.04 Å². The topological polar surface area (TPSA) is 33.1 Å². The Morgan fingerprint density at radius 2 is 2.16 bits per heavy atom. The number of hydrogen-bond donors (Lipinski definition) is 1. The first kappa shape index (κ1) is 12.9. The summed E-state index contributed by atoms with van der Waals surface area (Å²) in [7, 11) is 2.06. The lowest BCUT2D eigenvalue weighted by molar-refractivity contribution is 0.350. The molecular formula is C14H22N4S. The highest BCUT2D eigenvalue weighted by molar-refractivity contribution is 7.80. The van der Waals surface area contributed by atoms with Crippen molar-refractivity contribution in [1.82, 2.24) is 19.8 Å². The molecule has 0 atom stereocenters. The average molecular weight is 278 g/mol. The Labute approximate surface area is 120 Å². The average Bonchev–Trinajstić information content (AvgIpc) is 2.81. The molecule has 0 spiro atoms. The zero-order valence-corrected chi connectivity index (χ0v) is 12.4. The highest BCUT2D eigenvalue weighted by Crippen LogP contribution is 2.20. The largest absolute Gasteiger partial charge is 0.360 e. The van der Waals surface area contributed by atoms with Gasteiger partial charge in [-0.25, -0.2) is 4.98 Å². The molecule has 1 fully saturated rings. The summed E-state index contributed by atoms with van der Waals surface area (Å²) in [5.41, 5.74) is 2.54. The van der Waals surface area contributed by atoms with Gasteiger partial charge >= 0.3 is 0 Å². The molecule has 1 aromatic heterocycles. The van der Waals surface area contributed by atoms with Gasteiger partial charge in [0, 0.05) is 26.1 Å². The number of hydrogen-bond acceptors (Lipinski definition) is 2. The van der Waals surface area contributed by atoms with Crippen LogP contribution < -0.4 is 5.32 Å². The van der Waals surface area contributed by atoms with Crippen molar-refractivity contribution >= 4 is 17.3 Å². The van der Waals surface area contributed by atoms with E-state index in [0.717, 1.165) is 24.6 Å². The van der Waals surface area contributed by atoms with E-state index in [-0.39, 0.29) is 0 Å². The molecule has 2 aliphatic rings. The summed E-state index contributed by atoms with van der Waals surface area (Å²) in [6, 6.07) is 0.592. The van der Waals surface area contributed by atoms with Gasteiger partial charge < -0.3 is 14.8 Å². The quantitative estimate of drug-likeness (QED) is 0.797. The third kappa shape index (κ3) is 2.76. The van der Waals surface area contributed by atoms with E-state index in [1.54, 1.807) is 0 Å². The molecule has 0 aromatic carbocycles. The fourth-order valence-corrected chi connectivity index (χ4v) is 3.43. The van der Waals surface area contributed by atoms with Crippen molar-refractivity contribution in [3.8, 4) is 0 Å². The number of fused-ring (bicyclic) bond motifs is 1. The van der Waals surface area contributed by atoms with Crippen LogP contribution in [0.25, 0.3) is 0 Å². The van der Waals surface area contributed by atoms with Crippen LogP contribution in [0.1, 0.15) is 43.5 Å². The lowest BCUT2D eigenvalue weighted by Crippen LogP contribution is -2.47. The maximum atomic E-state index is 5.59. The molecule has 0 amide bonds. The van der Waals surface area contributed by atoms with Crippen LogP contribution in [0.2, 0.25) is 0 Å². The van der Waals surface area contributed by atoms with Gasteiger partial charge in [-0.05, 0) is 25.1 Å². The van der Waals surface area contributed by atoms with Crippen molar-refractivity contribution < 1.29 is 0 Å². The molecule has 1 aliphatic heterocycles. The van der Waals surface area contributed by atoms with E-state index in [9.17, 15) is 0 Å². The second-order valence-electron chi connectivity index (χ2n) is 5.70. The van der Waals surface area contributed by atoms with Gasteiger partial charge in [0.15, 0.2) is 5.11 Å². The van der Waals surface area contributed by atoms with Crippen molar-refractivity contribution in [3.05, 3.63) is 17.7 Å². The number of rotatable bonds is 1. The standard InChI is InChI=1S/C14H22N4S/c1-17-10-15-12-7-8-18(9-13(12)17)14(19)16-11-5-3-2-4-6-11/h10-11H,2-9H2,1H3,(H,16,19). The van der Waals surface area contributed by atoms with Crippen molar-refractivity contribution in [1.29, 1.82) is 0 Å². The first-order chi connectivity index (χ1) is 9.24. The lowest BCUT2D eigenvalue weighted by atomic mass is 9.96. The minimum atomic E-state index is 0.592. The number of aromatic nitrogens is 2. The Hall–Kier alpha value is -1.10. The Morgan fingerprint density at radius 1 is 1.37 bits per heavy atom. The summed E-state index contributed by atoms with van der Waals surface area (Å²) < 4.78 is 2.12. The number of imidazole rings is 1. The molecule has 19 heavy (non-hydrogen) atoms. The van der Waals surface area contributed by atoms with E-state index in [4.69, 9.17) is 12.2 Å². The summed E-state index contributed by atoms with van der Waals surface area (Å²) in [4.78, 5) is 6.72. The van der Waals surface area contributed by atoms with Crippen LogP contribution in [0.5, 0.6) is 0 Å². The highest BCUT2D eigenvalue weighted by atomic mass is 32.1. The predicted molar refractivity (Wildman–Crippen MR) is 79.9 cm³/mol. The molecule has 1 saturated carbocycles. The zero-order valence-electron chi connectivity index (χ0n) is 11.6. The van der Waals surface area contributed by atoms with E-state index >= 15 is 0 Å². The van der Waals surface area contributed by atoms with Gasteiger partial charge in [0.05, 0.1) is 24.3 Å². The van der Waals surface area contributed by atoms with Gasteiger partial charge in [0.2, 0.25) is 0 Å². The second-order valence-corrected chi connectivity index (χ2v) is 6.09. The summed E-state index contributed by atoms with van der Waals surface area (Å²) in [5.74, 6) is 0. The molecule has 0 saturated heterocycles. The number of nitrogens with one attached hydrogen (secondary N) is 1. The molecule has 1 aromatic rings. The van der Waals surface area contributed by atoms with E-state index < -0.39 is 0 Å². The Balaban J connectivity index is 1.60. The van der Waals surface area contributed by atoms with Crippen LogP contribution in [0.3, 0.4) is 0 Å². The molecule has 1 aliphatic carbocycles. The summed E-state index contributed by atoms with van der Waals surface area (Å²) in [6.45, 7) is 1.88. The number of nitrogens with zero attached hydrogens (tertiary/aromatic N) is 3. The lowest BCUT2D eigenvalue weighted by Gasteiger charge is -2.33. The maximum absolute atomic E-state index is 5.59. The van der Waals surface area contributed by atoms with E-state index in [1.165, 1.54) is 43.5 Å². The van der Waals surface area contributed by atoms with Crippen LogP contribution >= 0.6 is 12.2 Å². The Morgan fingerprint density at radius 3 is 2.95 bits per heavy atom. The monoisotopic (exact) mass is 278 g/mol. The maximum Gasteiger partial charge on any atom is 0.169 e. The first-order valence-electron chi connectivity index (χ1n) is 7.28. The summed E-state index contributed by atoms with van der Waals surface area (Å²) in [6.07, 6.45) is 9.51. The Bertz CT molecular complexity index is 462. The summed E-state index contributed by atoms with van der Waals surface area (Å²) >= 11 is 5.59. The van der Waals surface area contributed by atoms with Crippen LogP contribution in [0.4, 0.5) is 0 Å². The van der Waals surface area contributed by atoms with Gasteiger partial charge in [-0.2, -0.15) is 0 Å². The smallest absolute Gasteiger partial charge is 0.169 e. The van der Waals surface area contributed by atoms with Crippen molar-refractivity contribution in [2.75, 3.05) is 6.54 Å². The molecule has 104 valence electrons. The third-order valence-electron chi connectivity index (χ3n) is 4.32. The van der Waals surface area contributed by atoms with Gasteiger partial charge in [-0.15, -0.1) is 0 Å². The Kier molecular flexibility index (Phi) is 3.73.